The van der Waals surface area contributed by atoms with Crippen molar-refractivity contribution in [3.63, 3.8) is 0 Å². The van der Waals surface area contributed by atoms with Gasteiger partial charge in [0.1, 0.15) is 5.75 Å². The summed E-state index contributed by atoms with van der Waals surface area (Å²) in [6.07, 6.45) is 1.28. The molecule has 0 spiro atoms. The summed E-state index contributed by atoms with van der Waals surface area (Å²) in [7, 11) is -1.62. The molecule has 0 bridgehead atoms. The molecule has 0 fully saturated rings. The van der Waals surface area contributed by atoms with Gasteiger partial charge in [-0.25, -0.2) is 13.2 Å². The van der Waals surface area contributed by atoms with Crippen LogP contribution in [0.25, 0.3) is 0 Å². The highest BCUT2D eigenvalue weighted by molar-refractivity contribution is 7.89. The number of sulfonamides is 1. The van der Waals surface area contributed by atoms with Crippen molar-refractivity contribution in [2.45, 2.75) is 32.9 Å². The molecule has 0 unspecified atom stereocenters. The van der Waals surface area contributed by atoms with Gasteiger partial charge in [-0.1, -0.05) is 25.1 Å². The molecule has 2 aromatic carbocycles. The molecule has 3 rings (SSSR count). The van der Waals surface area contributed by atoms with E-state index in [2.05, 4.69) is 10.6 Å². The van der Waals surface area contributed by atoms with Crippen LogP contribution in [-0.4, -0.2) is 38.2 Å². The molecule has 29 heavy (non-hydrogen) atoms. The first-order valence-electron chi connectivity index (χ1n) is 9.68. The van der Waals surface area contributed by atoms with Crippen LogP contribution in [-0.2, 0) is 29.5 Å². The molecule has 156 valence electrons. The fraction of sp³-hybridized carbons (Fsp3) is 0.381. The van der Waals surface area contributed by atoms with E-state index in [0.717, 1.165) is 22.4 Å². The first-order chi connectivity index (χ1) is 13.9. The van der Waals surface area contributed by atoms with Crippen LogP contribution < -0.4 is 15.4 Å². The average molecular weight is 418 g/mol. The Balaban J connectivity index is 1.60. The lowest BCUT2D eigenvalue weighted by Gasteiger charge is -2.28. The summed E-state index contributed by atoms with van der Waals surface area (Å²) in [6, 6.07) is 12.8. The van der Waals surface area contributed by atoms with Crippen molar-refractivity contribution >= 4 is 21.7 Å². The van der Waals surface area contributed by atoms with E-state index in [4.69, 9.17) is 4.74 Å². The van der Waals surface area contributed by atoms with Gasteiger partial charge in [-0.3, -0.25) is 0 Å². The lowest BCUT2D eigenvalue weighted by molar-refractivity contribution is 0.251. The minimum absolute atomic E-state index is 0.161. The van der Waals surface area contributed by atoms with Crippen LogP contribution in [0, 0.1) is 0 Å². The van der Waals surface area contributed by atoms with Gasteiger partial charge in [0.15, 0.2) is 0 Å². The van der Waals surface area contributed by atoms with Crippen molar-refractivity contribution < 1.29 is 17.9 Å². The van der Waals surface area contributed by atoms with Crippen LogP contribution in [0.2, 0.25) is 0 Å². The highest BCUT2D eigenvalue weighted by atomic mass is 32.2. The molecule has 2 N–H and O–H groups in total. The van der Waals surface area contributed by atoms with Gasteiger partial charge in [0.2, 0.25) is 10.0 Å². The number of hydrogen-bond acceptors (Lipinski definition) is 4. The Hall–Kier alpha value is -2.58. The molecule has 1 heterocycles. The number of rotatable bonds is 7. The Morgan fingerprint density at radius 3 is 2.59 bits per heavy atom. The lowest BCUT2D eigenvalue weighted by atomic mass is 10.0. The molecule has 0 aliphatic carbocycles. The van der Waals surface area contributed by atoms with Gasteiger partial charge in [0.25, 0.3) is 0 Å². The highest BCUT2D eigenvalue weighted by Gasteiger charge is 2.26. The number of anilines is 1. The first-order valence-corrected chi connectivity index (χ1v) is 11.3. The summed E-state index contributed by atoms with van der Waals surface area (Å²) in [5.41, 5.74) is 3.66. The maximum atomic E-state index is 12.4. The molecule has 2 aromatic rings. The van der Waals surface area contributed by atoms with Crippen molar-refractivity contribution in [2.24, 2.45) is 0 Å². The number of nitrogens with zero attached hydrogens (tertiary/aromatic N) is 1. The number of amides is 2. The van der Waals surface area contributed by atoms with Gasteiger partial charge < -0.3 is 15.4 Å². The molecule has 0 saturated carbocycles. The van der Waals surface area contributed by atoms with E-state index < -0.39 is 10.0 Å². The van der Waals surface area contributed by atoms with E-state index in [-0.39, 0.29) is 11.8 Å². The van der Waals surface area contributed by atoms with Crippen LogP contribution >= 0.6 is 0 Å². The fourth-order valence-corrected chi connectivity index (χ4v) is 4.81. The number of methoxy groups -OCH3 is 1. The maximum absolute atomic E-state index is 12.4. The van der Waals surface area contributed by atoms with Crippen molar-refractivity contribution in [3.05, 3.63) is 59.2 Å². The quantitative estimate of drug-likeness (QED) is 0.725. The molecule has 8 heteroatoms. The monoisotopic (exact) mass is 417 g/mol. The molecule has 0 aromatic heterocycles. The second kappa shape index (κ2) is 9.28. The average Bonchev–Trinajstić information content (AvgIpc) is 2.72. The summed E-state index contributed by atoms with van der Waals surface area (Å²) in [5, 5.41) is 5.64. The number of urea groups is 1. The Kier molecular flexibility index (Phi) is 6.76. The van der Waals surface area contributed by atoms with Crippen molar-refractivity contribution in [1.82, 2.24) is 9.62 Å². The van der Waals surface area contributed by atoms with Gasteiger partial charge in [-0.15, -0.1) is 0 Å². The van der Waals surface area contributed by atoms with Crippen LogP contribution in [0.1, 0.15) is 30.0 Å². The predicted molar refractivity (Wildman–Crippen MR) is 113 cm³/mol. The molecule has 7 nitrogen and oxygen atoms in total. The summed E-state index contributed by atoms with van der Waals surface area (Å²) < 4.78 is 31.4. The molecule has 0 saturated heterocycles. The van der Waals surface area contributed by atoms with E-state index in [1.165, 1.54) is 4.31 Å². The van der Waals surface area contributed by atoms with Crippen LogP contribution in [0.4, 0.5) is 10.5 Å². The Morgan fingerprint density at radius 1 is 1.14 bits per heavy atom. The molecule has 0 radical (unpaired) electrons. The molecular weight excluding hydrogens is 390 g/mol. The normalized spacial score (nSPS) is 14.1. The van der Waals surface area contributed by atoms with Crippen molar-refractivity contribution in [1.29, 1.82) is 0 Å². The summed E-state index contributed by atoms with van der Waals surface area (Å²) in [4.78, 5) is 12.2. The van der Waals surface area contributed by atoms with Gasteiger partial charge >= 0.3 is 6.03 Å². The smallest absolute Gasteiger partial charge is 0.319 e. The number of carbonyl (C=O) groups excluding carboxylic acids is 1. The Labute approximate surface area is 172 Å². The fourth-order valence-electron chi connectivity index (χ4n) is 3.33. The highest BCUT2D eigenvalue weighted by Crippen LogP contribution is 2.24. The number of carbonyl (C=O) groups is 1. The zero-order valence-electron chi connectivity index (χ0n) is 16.8. The number of fused-ring (bicyclic) bond motifs is 1. The van der Waals surface area contributed by atoms with Gasteiger partial charge in [-0.2, -0.15) is 4.31 Å². The third-order valence-corrected chi connectivity index (χ3v) is 6.93. The summed E-state index contributed by atoms with van der Waals surface area (Å²) in [6.45, 7) is 3.11. The maximum Gasteiger partial charge on any atom is 0.319 e. The Morgan fingerprint density at radius 2 is 1.90 bits per heavy atom. The van der Waals surface area contributed by atoms with Crippen LogP contribution in [0.3, 0.4) is 0 Å². The van der Waals surface area contributed by atoms with E-state index in [1.54, 1.807) is 7.11 Å². The second-order valence-corrected chi connectivity index (χ2v) is 9.13. The summed E-state index contributed by atoms with van der Waals surface area (Å²) >= 11 is 0. The molecule has 2 amide bonds. The van der Waals surface area contributed by atoms with E-state index >= 15 is 0 Å². The zero-order valence-corrected chi connectivity index (χ0v) is 17.6. The van der Waals surface area contributed by atoms with Crippen LogP contribution in [0.5, 0.6) is 5.75 Å². The standard InChI is InChI=1S/C21H27N3O4S/c1-3-12-29(26,27)24-11-10-17-6-7-19(13-18(17)15-24)23-21(25)22-14-16-4-8-20(28-2)9-5-16/h4-9,13H,3,10-12,14-15H2,1-2H3,(H2,22,23,25). The zero-order chi connectivity index (χ0) is 20.9. The first kappa shape index (κ1) is 21.1. The van der Waals surface area contributed by atoms with Crippen LogP contribution in [0.15, 0.2) is 42.5 Å². The number of hydrogen-bond donors (Lipinski definition) is 2. The van der Waals surface area contributed by atoms with E-state index in [0.29, 0.717) is 38.2 Å². The second-order valence-electron chi connectivity index (χ2n) is 7.04. The van der Waals surface area contributed by atoms with Crippen molar-refractivity contribution in [2.75, 3.05) is 24.7 Å². The van der Waals surface area contributed by atoms with Gasteiger partial charge in [0, 0.05) is 25.3 Å². The van der Waals surface area contributed by atoms with Gasteiger partial charge in [-0.05, 0) is 53.8 Å². The molecular formula is C21H27N3O4S. The minimum atomic E-state index is -3.23. The largest absolute Gasteiger partial charge is 0.497 e. The molecule has 1 aliphatic heterocycles. The predicted octanol–water partition coefficient (Wildman–Crippen LogP) is 3.11. The Bertz CT molecular complexity index is 958. The molecule has 1 aliphatic rings. The van der Waals surface area contributed by atoms with Crippen molar-refractivity contribution in [3.8, 4) is 5.75 Å². The number of nitrogens with one attached hydrogen (secondary N) is 2. The third-order valence-electron chi connectivity index (χ3n) is 4.91. The van der Waals surface area contributed by atoms with E-state index in [9.17, 15) is 13.2 Å². The lowest BCUT2D eigenvalue weighted by Crippen LogP contribution is -2.37. The van der Waals surface area contributed by atoms with Gasteiger partial charge in [0.05, 0.1) is 12.9 Å². The molecule has 0 atom stereocenters. The third kappa shape index (κ3) is 5.48. The topological polar surface area (TPSA) is 87.7 Å². The minimum Gasteiger partial charge on any atom is -0.497 e. The number of benzene rings is 2. The summed E-state index contributed by atoms with van der Waals surface area (Å²) in [5.74, 6) is 0.927. The number of ether oxygens (including phenoxy) is 1. The van der Waals surface area contributed by atoms with E-state index in [1.807, 2.05) is 49.4 Å². The SMILES string of the molecule is CCCS(=O)(=O)N1CCc2ccc(NC(=O)NCc3ccc(OC)cc3)cc2C1.